The first-order valence-corrected chi connectivity index (χ1v) is 11.8. The summed E-state index contributed by atoms with van der Waals surface area (Å²) < 4.78 is 8.16. The van der Waals surface area contributed by atoms with Crippen LogP contribution in [0.2, 0.25) is 0 Å². The number of likely N-dealkylation sites (tertiary alicyclic amines) is 1. The predicted molar refractivity (Wildman–Crippen MR) is 126 cm³/mol. The molecule has 8 heteroatoms. The Morgan fingerprint density at radius 2 is 1.88 bits per heavy atom. The SMILES string of the molecule is NC[C@@H]1O[C@H](C2CCN(CCCn3c(=O)[nH]c4ccccc43)CC2)Cc2c1ccc(O)c2O. The largest absolute Gasteiger partial charge is 0.504 e. The molecule has 2 atom stereocenters. The summed E-state index contributed by atoms with van der Waals surface area (Å²) >= 11 is 0. The first-order valence-electron chi connectivity index (χ1n) is 11.8. The second kappa shape index (κ2) is 9.21. The van der Waals surface area contributed by atoms with Crippen molar-refractivity contribution in [3.05, 3.63) is 58.0 Å². The summed E-state index contributed by atoms with van der Waals surface area (Å²) in [5, 5.41) is 20.3. The minimum absolute atomic E-state index is 0.00861. The quantitative estimate of drug-likeness (QED) is 0.427. The highest BCUT2D eigenvalue weighted by Gasteiger charge is 2.35. The number of aromatic hydroxyl groups is 2. The van der Waals surface area contributed by atoms with Crippen LogP contribution in [-0.2, 0) is 17.7 Å². The molecule has 8 nitrogen and oxygen atoms in total. The van der Waals surface area contributed by atoms with Crippen molar-refractivity contribution in [3.63, 3.8) is 0 Å². The molecule has 0 saturated carbocycles. The van der Waals surface area contributed by atoms with Gasteiger partial charge in [-0.05, 0) is 68.6 Å². The van der Waals surface area contributed by atoms with Gasteiger partial charge in [0.05, 0.1) is 23.2 Å². The van der Waals surface area contributed by atoms with Crippen LogP contribution in [0.3, 0.4) is 0 Å². The van der Waals surface area contributed by atoms with Gasteiger partial charge < -0.3 is 30.6 Å². The Morgan fingerprint density at radius 1 is 1.09 bits per heavy atom. The fourth-order valence-corrected chi connectivity index (χ4v) is 5.48. The predicted octanol–water partition coefficient (Wildman–Crippen LogP) is 2.48. The summed E-state index contributed by atoms with van der Waals surface area (Å²) in [5.41, 5.74) is 9.40. The smallest absolute Gasteiger partial charge is 0.326 e. The summed E-state index contributed by atoms with van der Waals surface area (Å²) in [7, 11) is 0. The number of hydrogen-bond donors (Lipinski definition) is 4. The highest BCUT2D eigenvalue weighted by molar-refractivity contribution is 5.74. The number of para-hydroxylation sites is 2. The second-order valence-corrected chi connectivity index (χ2v) is 9.24. The van der Waals surface area contributed by atoms with E-state index in [1.807, 2.05) is 28.8 Å². The van der Waals surface area contributed by atoms with Crippen LogP contribution in [0.1, 0.15) is 36.5 Å². The molecule has 0 bridgehead atoms. The van der Waals surface area contributed by atoms with Gasteiger partial charge in [-0.1, -0.05) is 18.2 Å². The van der Waals surface area contributed by atoms with Crippen molar-refractivity contribution >= 4 is 11.0 Å². The summed E-state index contributed by atoms with van der Waals surface area (Å²) in [6.45, 7) is 3.97. The zero-order chi connectivity index (χ0) is 22.9. The van der Waals surface area contributed by atoms with Gasteiger partial charge in [0.15, 0.2) is 11.5 Å². The molecular weight excluding hydrogens is 420 g/mol. The monoisotopic (exact) mass is 452 g/mol. The van der Waals surface area contributed by atoms with Crippen LogP contribution < -0.4 is 11.4 Å². The summed E-state index contributed by atoms with van der Waals surface area (Å²) in [4.78, 5) is 17.6. The maximum atomic E-state index is 12.3. The van der Waals surface area contributed by atoms with Crippen LogP contribution in [0.15, 0.2) is 41.2 Å². The van der Waals surface area contributed by atoms with E-state index in [-0.39, 0.29) is 29.4 Å². The lowest BCUT2D eigenvalue weighted by molar-refractivity contribution is -0.0647. The zero-order valence-corrected chi connectivity index (χ0v) is 18.7. The summed E-state index contributed by atoms with van der Waals surface area (Å²) in [6, 6.07) is 11.1. The van der Waals surface area contributed by atoms with Crippen LogP contribution in [0.5, 0.6) is 11.5 Å². The molecule has 0 spiro atoms. The lowest BCUT2D eigenvalue weighted by atomic mass is 9.83. The number of ether oxygens (including phenoxy) is 1. The number of nitrogens with zero attached hydrogens (tertiary/aromatic N) is 2. The summed E-state index contributed by atoms with van der Waals surface area (Å²) in [5.74, 6) is 0.264. The van der Waals surface area contributed by atoms with Gasteiger partial charge in [-0.3, -0.25) is 4.57 Å². The number of aromatic nitrogens is 2. The van der Waals surface area contributed by atoms with Gasteiger partial charge in [-0.25, -0.2) is 4.79 Å². The number of hydrogen-bond acceptors (Lipinski definition) is 6. The van der Waals surface area contributed by atoms with Crippen molar-refractivity contribution in [2.75, 3.05) is 26.2 Å². The molecule has 2 aromatic carbocycles. The van der Waals surface area contributed by atoms with Gasteiger partial charge in [-0.15, -0.1) is 0 Å². The molecule has 0 unspecified atom stereocenters. The second-order valence-electron chi connectivity index (χ2n) is 9.24. The Hall–Kier alpha value is -2.81. The van der Waals surface area contributed by atoms with Crippen molar-refractivity contribution in [3.8, 4) is 11.5 Å². The van der Waals surface area contributed by atoms with Crippen LogP contribution >= 0.6 is 0 Å². The van der Waals surface area contributed by atoms with Crippen LogP contribution in [0, 0.1) is 5.92 Å². The van der Waals surface area contributed by atoms with Crippen molar-refractivity contribution in [2.45, 2.75) is 44.4 Å². The number of nitrogens with one attached hydrogen (secondary N) is 1. The molecule has 0 aliphatic carbocycles. The van der Waals surface area contributed by atoms with E-state index < -0.39 is 0 Å². The Labute approximate surface area is 192 Å². The Kier molecular flexibility index (Phi) is 6.14. The third-order valence-electron chi connectivity index (χ3n) is 7.30. The van der Waals surface area contributed by atoms with E-state index in [0.29, 0.717) is 25.4 Å². The number of rotatable bonds is 6. The first-order chi connectivity index (χ1) is 16.0. The molecule has 5 N–H and O–H groups in total. The number of phenolic OH excluding ortho intramolecular Hbond substituents is 2. The summed E-state index contributed by atoms with van der Waals surface area (Å²) in [6.07, 6.45) is 3.29. The number of nitrogens with two attached hydrogens (primary N) is 1. The molecule has 1 fully saturated rings. The van der Waals surface area contributed by atoms with Crippen molar-refractivity contribution in [2.24, 2.45) is 11.7 Å². The molecule has 3 aromatic rings. The Bertz CT molecular complexity index is 1180. The molecule has 2 aliphatic heterocycles. The normalized spacial score (nSPS) is 22.0. The third kappa shape index (κ3) is 4.26. The number of phenols is 2. The Balaban J connectivity index is 1.16. The van der Waals surface area contributed by atoms with Gasteiger partial charge >= 0.3 is 5.69 Å². The van der Waals surface area contributed by atoms with Crippen LogP contribution in [0.4, 0.5) is 0 Å². The molecule has 0 amide bonds. The molecule has 176 valence electrons. The van der Waals surface area contributed by atoms with E-state index >= 15 is 0 Å². The third-order valence-corrected chi connectivity index (χ3v) is 7.30. The number of imidazole rings is 1. The number of aryl methyl sites for hydroxylation is 1. The van der Waals surface area contributed by atoms with Crippen LogP contribution in [-0.4, -0.2) is 56.9 Å². The zero-order valence-electron chi connectivity index (χ0n) is 18.7. The van der Waals surface area contributed by atoms with E-state index in [1.165, 1.54) is 6.07 Å². The molecule has 5 rings (SSSR count). The van der Waals surface area contributed by atoms with Crippen molar-refractivity contribution in [1.82, 2.24) is 14.5 Å². The number of piperidine rings is 1. The topological polar surface area (TPSA) is 117 Å². The van der Waals surface area contributed by atoms with Gasteiger partial charge in [0.2, 0.25) is 0 Å². The number of H-pyrrole nitrogens is 1. The number of benzene rings is 2. The minimum atomic E-state index is -0.252. The fourth-order valence-electron chi connectivity index (χ4n) is 5.48. The van der Waals surface area contributed by atoms with Gasteiger partial charge in [-0.2, -0.15) is 0 Å². The highest BCUT2D eigenvalue weighted by Crippen LogP contribution is 2.42. The average molecular weight is 453 g/mol. The first kappa shape index (κ1) is 22.0. The highest BCUT2D eigenvalue weighted by atomic mass is 16.5. The van der Waals surface area contributed by atoms with Crippen molar-refractivity contribution < 1.29 is 14.9 Å². The molecule has 0 radical (unpaired) electrons. The maximum Gasteiger partial charge on any atom is 0.326 e. The van der Waals surface area contributed by atoms with Gasteiger partial charge in [0.25, 0.3) is 0 Å². The minimum Gasteiger partial charge on any atom is -0.504 e. The van der Waals surface area contributed by atoms with E-state index in [2.05, 4.69) is 9.88 Å². The average Bonchev–Trinajstić information content (AvgIpc) is 3.16. The van der Waals surface area contributed by atoms with E-state index in [9.17, 15) is 15.0 Å². The fraction of sp³-hybridized carbons (Fsp3) is 0.480. The van der Waals surface area contributed by atoms with Crippen molar-refractivity contribution in [1.29, 1.82) is 0 Å². The standard InChI is InChI=1S/C25H32N4O4/c26-15-23-17-6-7-21(30)24(31)18(17)14-22(33-23)16-8-12-28(13-9-16)10-3-11-29-20-5-2-1-4-19(20)27-25(29)32/h1-2,4-7,16,22-23,30-31H,3,8-15,26H2,(H,27,32)/t22-,23-/m0/s1. The van der Waals surface area contributed by atoms with E-state index in [0.717, 1.165) is 61.1 Å². The van der Waals surface area contributed by atoms with Crippen LogP contribution in [0.25, 0.3) is 11.0 Å². The molecule has 1 aromatic heterocycles. The van der Waals surface area contributed by atoms with E-state index in [4.69, 9.17) is 10.5 Å². The Morgan fingerprint density at radius 3 is 2.67 bits per heavy atom. The molecule has 3 heterocycles. The van der Waals surface area contributed by atoms with Gasteiger partial charge in [0, 0.05) is 25.1 Å². The number of fused-ring (bicyclic) bond motifs is 2. The van der Waals surface area contributed by atoms with Gasteiger partial charge in [0.1, 0.15) is 0 Å². The molecule has 1 saturated heterocycles. The molecular formula is C25H32N4O4. The molecule has 2 aliphatic rings. The lowest BCUT2D eigenvalue weighted by Gasteiger charge is -2.40. The lowest BCUT2D eigenvalue weighted by Crippen LogP contribution is -2.42. The maximum absolute atomic E-state index is 12.3. The molecule has 33 heavy (non-hydrogen) atoms. The van der Waals surface area contributed by atoms with E-state index in [1.54, 1.807) is 6.07 Å². The number of aromatic amines is 1.